The number of rotatable bonds is 3. The predicted octanol–water partition coefficient (Wildman–Crippen LogP) is 5.41. The summed E-state index contributed by atoms with van der Waals surface area (Å²) in [6.45, 7) is 3.24. The highest BCUT2D eigenvalue weighted by molar-refractivity contribution is 7.18. The Morgan fingerprint density at radius 2 is 2.04 bits per heavy atom. The molecule has 4 rings (SSSR count). The summed E-state index contributed by atoms with van der Waals surface area (Å²) in [6.07, 6.45) is 1.95. The van der Waals surface area contributed by atoms with Gasteiger partial charge in [-0.2, -0.15) is 5.26 Å². The van der Waals surface area contributed by atoms with Crippen LogP contribution in [0, 0.1) is 11.3 Å². The van der Waals surface area contributed by atoms with Crippen molar-refractivity contribution in [3.63, 3.8) is 0 Å². The van der Waals surface area contributed by atoms with Crippen LogP contribution in [0.15, 0.2) is 36.4 Å². The molecule has 0 radical (unpaired) electrons. The van der Waals surface area contributed by atoms with Gasteiger partial charge in [0.25, 0.3) is 0 Å². The smallest absolute Gasteiger partial charge is 0.159 e. The minimum atomic E-state index is 0.0174. The van der Waals surface area contributed by atoms with Crippen molar-refractivity contribution in [3.8, 4) is 6.07 Å². The molecule has 1 aliphatic rings. The summed E-state index contributed by atoms with van der Waals surface area (Å²) in [7, 11) is 0. The van der Waals surface area contributed by atoms with E-state index in [0.29, 0.717) is 22.1 Å². The van der Waals surface area contributed by atoms with E-state index in [1.807, 2.05) is 24.3 Å². The number of ketones is 1. The Balaban J connectivity index is 1.54. The highest BCUT2D eigenvalue weighted by Crippen LogP contribution is 2.36. The molecule has 1 fully saturated rings. The zero-order chi connectivity index (χ0) is 19.0. The van der Waals surface area contributed by atoms with E-state index in [9.17, 15) is 10.1 Å². The molecule has 2 heterocycles. The fourth-order valence-electron chi connectivity index (χ4n) is 3.57. The Morgan fingerprint density at radius 1 is 1.26 bits per heavy atom. The fraction of sp³-hybridized carbons (Fsp3) is 0.286. The van der Waals surface area contributed by atoms with E-state index in [1.54, 1.807) is 30.4 Å². The minimum absolute atomic E-state index is 0.0174. The molecule has 0 unspecified atom stereocenters. The molecule has 1 aromatic heterocycles. The van der Waals surface area contributed by atoms with E-state index < -0.39 is 0 Å². The van der Waals surface area contributed by atoms with Crippen LogP contribution in [0.3, 0.4) is 0 Å². The maximum Gasteiger partial charge on any atom is 0.159 e. The van der Waals surface area contributed by atoms with E-state index in [0.717, 1.165) is 46.8 Å². The van der Waals surface area contributed by atoms with Crippen LogP contribution >= 0.6 is 22.9 Å². The summed E-state index contributed by atoms with van der Waals surface area (Å²) < 4.78 is 1.16. The number of fused-ring (bicyclic) bond motifs is 1. The number of hydrogen-bond acceptors (Lipinski definition) is 5. The number of benzene rings is 2. The summed E-state index contributed by atoms with van der Waals surface area (Å²) in [4.78, 5) is 18.7. The largest absolute Gasteiger partial charge is 0.370 e. The van der Waals surface area contributed by atoms with Gasteiger partial charge < -0.3 is 4.90 Å². The van der Waals surface area contributed by atoms with Crippen LogP contribution in [0.25, 0.3) is 10.2 Å². The van der Waals surface area contributed by atoms with Gasteiger partial charge in [0.05, 0.1) is 26.5 Å². The Morgan fingerprint density at radius 3 is 2.74 bits per heavy atom. The Hall–Kier alpha value is -2.42. The topological polar surface area (TPSA) is 57.0 Å². The van der Waals surface area contributed by atoms with Gasteiger partial charge in [-0.25, -0.2) is 4.98 Å². The molecule has 6 heteroatoms. The van der Waals surface area contributed by atoms with Gasteiger partial charge in [0.2, 0.25) is 0 Å². The number of anilines is 1. The lowest BCUT2D eigenvalue weighted by molar-refractivity contribution is 0.101. The lowest BCUT2D eigenvalue weighted by Gasteiger charge is -2.33. The maximum atomic E-state index is 11.7. The van der Waals surface area contributed by atoms with Crippen LogP contribution in [0.1, 0.15) is 46.6 Å². The molecule has 4 nitrogen and oxygen atoms in total. The lowest BCUT2D eigenvalue weighted by Crippen LogP contribution is -2.33. The molecular formula is C21H18ClN3OS. The Bertz CT molecular complexity index is 1060. The average molecular weight is 396 g/mol. The van der Waals surface area contributed by atoms with E-state index >= 15 is 0 Å². The molecule has 0 saturated carbocycles. The van der Waals surface area contributed by atoms with Gasteiger partial charge in [0.15, 0.2) is 5.78 Å². The first-order valence-corrected chi connectivity index (χ1v) is 10.1. The molecule has 27 heavy (non-hydrogen) atoms. The molecule has 1 aliphatic heterocycles. The second-order valence-corrected chi connectivity index (χ2v) is 8.32. The molecule has 0 aliphatic carbocycles. The van der Waals surface area contributed by atoms with Crippen molar-refractivity contribution in [1.82, 2.24) is 4.98 Å². The van der Waals surface area contributed by atoms with Crippen LogP contribution in [0.2, 0.25) is 5.02 Å². The Kier molecular flexibility index (Phi) is 4.86. The zero-order valence-electron chi connectivity index (χ0n) is 14.9. The first-order valence-electron chi connectivity index (χ1n) is 8.91. The molecule has 0 amide bonds. The first kappa shape index (κ1) is 18.0. The molecule has 0 spiro atoms. The highest BCUT2D eigenvalue weighted by atomic mass is 35.5. The standard InChI is InChI=1S/C21H18ClN3OS/c1-13(26)15-2-3-16(12-23)19(10-15)25-8-6-14(7-9-25)21-24-18-11-17(22)4-5-20(18)27-21/h2-5,10-11,14H,6-9H2,1H3. The van der Waals surface area contributed by atoms with Gasteiger partial charge in [-0.3, -0.25) is 4.79 Å². The monoisotopic (exact) mass is 395 g/mol. The predicted molar refractivity (Wildman–Crippen MR) is 110 cm³/mol. The SMILES string of the molecule is CC(=O)c1ccc(C#N)c(N2CCC(c3nc4cc(Cl)ccc4s3)CC2)c1. The number of nitrogens with zero attached hydrogens (tertiary/aromatic N) is 3. The molecule has 0 atom stereocenters. The second-order valence-electron chi connectivity index (χ2n) is 6.83. The van der Waals surface area contributed by atoms with Crippen molar-refractivity contribution >= 4 is 44.6 Å². The van der Waals surface area contributed by atoms with Crippen molar-refractivity contribution in [2.24, 2.45) is 0 Å². The molecule has 1 saturated heterocycles. The van der Waals surface area contributed by atoms with Crippen LogP contribution in [0.5, 0.6) is 0 Å². The normalized spacial score (nSPS) is 15.1. The molecule has 3 aromatic rings. The first-order chi connectivity index (χ1) is 13.0. The number of carbonyl (C=O) groups is 1. The third-order valence-electron chi connectivity index (χ3n) is 5.08. The molecule has 136 valence electrons. The van der Waals surface area contributed by atoms with Gasteiger partial charge >= 0.3 is 0 Å². The van der Waals surface area contributed by atoms with Gasteiger partial charge in [0.1, 0.15) is 6.07 Å². The number of halogens is 1. The van der Waals surface area contributed by atoms with Crippen LogP contribution in [-0.4, -0.2) is 23.9 Å². The van der Waals surface area contributed by atoms with Crippen molar-refractivity contribution in [2.45, 2.75) is 25.7 Å². The van der Waals surface area contributed by atoms with Crippen molar-refractivity contribution in [1.29, 1.82) is 5.26 Å². The lowest BCUT2D eigenvalue weighted by atomic mass is 9.96. The quantitative estimate of drug-likeness (QED) is 0.556. The fourth-order valence-corrected chi connectivity index (χ4v) is 4.85. The van der Waals surface area contributed by atoms with Crippen molar-refractivity contribution in [2.75, 3.05) is 18.0 Å². The number of hydrogen-bond donors (Lipinski definition) is 0. The molecule has 2 aromatic carbocycles. The van der Waals surface area contributed by atoms with Gasteiger partial charge in [-0.15, -0.1) is 11.3 Å². The molecular weight excluding hydrogens is 378 g/mol. The third-order valence-corrected chi connectivity index (χ3v) is 6.51. The number of piperidine rings is 1. The van der Waals surface area contributed by atoms with E-state index in [4.69, 9.17) is 16.6 Å². The van der Waals surface area contributed by atoms with Crippen LogP contribution < -0.4 is 4.90 Å². The maximum absolute atomic E-state index is 11.7. The van der Waals surface area contributed by atoms with E-state index in [2.05, 4.69) is 11.0 Å². The summed E-state index contributed by atoms with van der Waals surface area (Å²) >= 11 is 7.81. The number of carbonyl (C=O) groups excluding carboxylic acids is 1. The number of nitriles is 1. The van der Waals surface area contributed by atoms with Gasteiger partial charge in [-0.1, -0.05) is 11.6 Å². The summed E-state index contributed by atoms with van der Waals surface area (Å²) in [5.41, 5.74) is 3.09. The zero-order valence-corrected chi connectivity index (χ0v) is 16.5. The molecule has 0 bridgehead atoms. The third kappa shape index (κ3) is 3.55. The van der Waals surface area contributed by atoms with Gasteiger partial charge in [0, 0.05) is 29.6 Å². The van der Waals surface area contributed by atoms with Crippen molar-refractivity contribution < 1.29 is 4.79 Å². The average Bonchev–Trinajstić information content (AvgIpc) is 3.10. The Labute approximate surface area is 167 Å². The van der Waals surface area contributed by atoms with Crippen LogP contribution in [-0.2, 0) is 0 Å². The number of Topliss-reactive ketones (excluding diaryl/α,β-unsaturated/α-hetero) is 1. The van der Waals surface area contributed by atoms with E-state index in [1.165, 1.54) is 0 Å². The number of thiazole rings is 1. The second kappa shape index (κ2) is 7.30. The molecule has 0 N–H and O–H groups in total. The minimum Gasteiger partial charge on any atom is -0.370 e. The summed E-state index contributed by atoms with van der Waals surface area (Å²) in [6, 6.07) is 13.4. The van der Waals surface area contributed by atoms with E-state index in [-0.39, 0.29) is 5.78 Å². The summed E-state index contributed by atoms with van der Waals surface area (Å²) in [5.74, 6) is 0.433. The summed E-state index contributed by atoms with van der Waals surface area (Å²) in [5, 5.41) is 11.3. The number of aromatic nitrogens is 1. The van der Waals surface area contributed by atoms with Gasteiger partial charge in [-0.05, 0) is 56.2 Å². The van der Waals surface area contributed by atoms with Crippen LogP contribution in [0.4, 0.5) is 5.69 Å². The van der Waals surface area contributed by atoms with Crippen molar-refractivity contribution in [3.05, 3.63) is 57.6 Å². The highest BCUT2D eigenvalue weighted by Gasteiger charge is 2.25.